The number of nitrogens with one attached hydrogen (secondary N) is 2. The highest BCUT2D eigenvalue weighted by Gasteiger charge is 2.29. The lowest BCUT2D eigenvalue weighted by Gasteiger charge is -2.22. The molecule has 0 aliphatic carbocycles. The van der Waals surface area contributed by atoms with Crippen LogP contribution < -0.4 is 15.5 Å². The molecule has 1 aliphatic rings. The van der Waals surface area contributed by atoms with Gasteiger partial charge in [-0.05, 0) is 30.7 Å². The number of rotatable bonds is 5. The number of hydrogen-bond acceptors (Lipinski definition) is 4. The Morgan fingerprint density at radius 1 is 1.17 bits per heavy atom. The van der Waals surface area contributed by atoms with E-state index in [0.717, 1.165) is 17.7 Å². The highest BCUT2D eigenvalue weighted by molar-refractivity contribution is 6.06. The highest BCUT2D eigenvalue weighted by Crippen LogP contribution is 2.21. The van der Waals surface area contributed by atoms with Crippen LogP contribution in [0.5, 0.6) is 0 Å². The van der Waals surface area contributed by atoms with E-state index in [9.17, 15) is 23.2 Å². The van der Waals surface area contributed by atoms with Crippen LogP contribution in [0.4, 0.5) is 14.5 Å². The van der Waals surface area contributed by atoms with E-state index >= 15 is 0 Å². The summed E-state index contributed by atoms with van der Waals surface area (Å²) in [6.45, 7) is 1.43. The summed E-state index contributed by atoms with van der Waals surface area (Å²) in [7, 11) is 1.58. The molecule has 0 saturated heterocycles. The molecule has 3 rings (SSSR count). The molecule has 0 saturated carbocycles. The number of aliphatic imine (C=N–C) groups is 1. The van der Waals surface area contributed by atoms with E-state index in [1.54, 1.807) is 25.2 Å². The van der Waals surface area contributed by atoms with Crippen LogP contribution in [0, 0.1) is 11.6 Å². The summed E-state index contributed by atoms with van der Waals surface area (Å²) in [5.74, 6) is -3.23. The molecule has 0 fully saturated rings. The zero-order valence-electron chi connectivity index (χ0n) is 16.4. The fraction of sp³-hybridized carbons (Fsp3) is 0.238. The van der Waals surface area contributed by atoms with E-state index in [1.807, 2.05) is 6.07 Å². The van der Waals surface area contributed by atoms with Crippen molar-refractivity contribution in [2.75, 3.05) is 11.9 Å². The van der Waals surface area contributed by atoms with Crippen molar-refractivity contribution >= 4 is 29.6 Å². The normalized spacial score (nSPS) is 16.5. The molecule has 2 N–H and O–H groups in total. The standard InChI is InChI=1S/C21H20F2N4O3/c1-12(25-18(28)9-13-7-15(22)10-16(23)8-13)20(29)26-19-21(30)27(2)17-6-4-3-5-14(17)11-24-19/h3-8,10-12,19H,9H2,1-2H3,(H,25,28)(H,26,29)/t12-,19+/m0/s1. The van der Waals surface area contributed by atoms with Crippen LogP contribution in [0.25, 0.3) is 0 Å². The number of para-hydroxylation sites is 1. The Bertz CT molecular complexity index is 1000. The van der Waals surface area contributed by atoms with Gasteiger partial charge in [-0.1, -0.05) is 18.2 Å². The van der Waals surface area contributed by atoms with Gasteiger partial charge in [-0.25, -0.2) is 8.78 Å². The second-order valence-corrected chi connectivity index (χ2v) is 6.89. The number of amides is 3. The van der Waals surface area contributed by atoms with Gasteiger partial charge in [0.1, 0.15) is 17.7 Å². The molecule has 156 valence electrons. The first-order chi connectivity index (χ1) is 14.2. The SMILES string of the molecule is C[C@H](NC(=O)Cc1cc(F)cc(F)c1)C(=O)N[C@H]1N=Cc2ccccc2N(C)C1=O. The number of fused-ring (bicyclic) bond motifs is 1. The molecular formula is C21H20F2N4O3. The third kappa shape index (κ3) is 4.86. The average Bonchev–Trinajstić information content (AvgIpc) is 2.79. The van der Waals surface area contributed by atoms with Crippen LogP contribution in [-0.4, -0.2) is 43.2 Å². The minimum absolute atomic E-state index is 0.139. The van der Waals surface area contributed by atoms with E-state index < -0.39 is 41.6 Å². The lowest BCUT2D eigenvalue weighted by Crippen LogP contribution is -2.52. The molecule has 2 aromatic rings. The van der Waals surface area contributed by atoms with Gasteiger partial charge >= 0.3 is 0 Å². The van der Waals surface area contributed by atoms with Gasteiger partial charge in [0.25, 0.3) is 5.91 Å². The number of carbonyl (C=O) groups excluding carboxylic acids is 3. The first-order valence-corrected chi connectivity index (χ1v) is 9.19. The average molecular weight is 414 g/mol. The third-order valence-electron chi connectivity index (χ3n) is 4.56. The summed E-state index contributed by atoms with van der Waals surface area (Å²) in [4.78, 5) is 42.7. The summed E-state index contributed by atoms with van der Waals surface area (Å²) in [6.07, 6.45) is 0.0560. The zero-order chi connectivity index (χ0) is 21.8. The number of halogens is 2. The van der Waals surface area contributed by atoms with Crippen LogP contribution in [0.2, 0.25) is 0 Å². The van der Waals surface area contributed by atoms with E-state index in [1.165, 1.54) is 18.0 Å². The Morgan fingerprint density at radius 2 is 1.83 bits per heavy atom. The Balaban J connectivity index is 1.61. The molecule has 3 amide bonds. The number of nitrogens with zero attached hydrogens (tertiary/aromatic N) is 2. The number of benzene rings is 2. The summed E-state index contributed by atoms with van der Waals surface area (Å²) >= 11 is 0. The molecule has 1 heterocycles. The van der Waals surface area contributed by atoms with Crippen molar-refractivity contribution in [2.45, 2.75) is 25.6 Å². The van der Waals surface area contributed by atoms with Crippen molar-refractivity contribution in [3.63, 3.8) is 0 Å². The minimum atomic E-state index is -1.15. The first-order valence-electron chi connectivity index (χ1n) is 9.19. The molecule has 2 aromatic carbocycles. The molecule has 1 aliphatic heterocycles. The van der Waals surface area contributed by atoms with Crippen LogP contribution >= 0.6 is 0 Å². The number of anilines is 1. The Kier molecular flexibility index (Phi) is 6.20. The summed E-state index contributed by atoms with van der Waals surface area (Å²) in [6, 6.07) is 8.96. The van der Waals surface area contributed by atoms with Crippen molar-refractivity contribution in [3.05, 3.63) is 65.2 Å². The smallest absolute Gasteiger partial charge is 0.272 e. The van der Waals surface area contributed by atoms with Gasteiger partial charge in [-0.15, -0.1) is 0 Å². The lowest BCUT2D eigenvalue weighted by molar-refractivity contribution is -0.130. The van der Waals surface area contributed by atoms with Crippen LogP contribution in [0.3, 0.4) is 0 Å². The Hall–Kier alpha value is -3.62. The largest absolute Gasteiger partial charge is 0.344 e. The maximum atomic E-state index is 13.2. The van der Waals surface area contributed by atoms with Crippen molar-refractivity contribution < 1.29 is 23.2 Å². The van der Waals surface area contributed by atoms with Crippen molar-refractivity contribution in [3.8, 4) is 0 Å². The van der Waals surface area contributed by atoms with Crippen molar-refractivity contribution in [2.24, 2.45) is 4.99 Å². The quantitative estimate of drug-likeness (QED) is 0.778. The van der Waals surface area contributed by atoms with Crippen molar-refractivity contribution in [1.29, 1.82) is 0 Å². The summed E-state index contributed by atoms with van der Waals surface area (Å²) in [5, 5.41) is 4.94. The molecule has 0 radical (unpaired) electrons. The molecule has 9 heteroatoms. The fourth-order valence-electron chi connectivity index (χ4n) is 3.04. The minimum Gasteiger partial charge on any atom is -0.344 e. The van der Waals surface area contributed by atoms with E-state index in [2.05, 4.69) is 15.6 Å². The lowest BCUT2D eigenvalue weighted by atomic mass is 10.1. The molecule has 30 heavy (non-hydrogen) atoms. The zero-order valence-corrected chi connectivity index (χ0v) is 16.4. The third-order valence-corrected chi connectivity index (χ3v) is 4.56. The second-order valence-electron chi connectivity index (χ2n) is 6.89. The summed E-state index contributed by atoms with van der Waals surface area (Å²) < 4.78 is 26.5. The first kappa shape index (κ1) is 21.1. The van der Waals surface area contributed by atoms with Gasteiger partial charge in [-0.2, -0.15) is 0 Å². The molecule has 0 aromatic heterocycles. The van der Waals surface area contributed by atoms with Crippen LogP contribution in [0.15, 0.2) is 47.5 Å². The Labute approximate surface area is 171 Å². The second kappa shape index (κ2) is 8.81. The van der Waals surface area contributed by atoms with E-state index in [4.69, 9.17) is 0 Å². The van der Waals surface area contributed by atoms with Crippen LogP contribution in [-0.2, 0) is 20.8 Å². The van der Waals surface area contributed by atoms with Gasteiger partial charge in [0.05, 0.1) is 12.1 Å². The number of benzodiazepines with no additional fused rings is 1. The van der Waals surface area contributed by atoms with Gasteiger partial charge in [0.15, 0.2) is 0 Å². The van der Waals surface area contributed by atoms with E-state index in [-0.39, 0.29) is 12.0 Å². The predicted molar refractivity (Wildman–Crippen MR) is 107 cm³/mol. The molecule has 0 bridgehead atoms. The monoisotopic (exact) mass is 414 g/mol. The maximum Gasteiger partial charge on any atom is 0.272 e. The predicted octanol–water partition coefficient (Wildman–Crippen LogP) is 1.55. The fourth-order valence-corrected chi connectivity index (χ4v) is 3.04. The van der Waals surface area contributed by atoms with Gasteiger partial charge in [0.2, 0.25) is 18.0 Å². The van der Waals surface area contributed by atoms with Crippen LogP contribution in [0.1, 0.15) is 18.1 Å². The molecule has 7 nitrogen and oxygen atoms in total. The molecule has 2 atom stereocenters. The summed E-state index contributed by atoms with van der Waals surface area (Å²) in [5.41, 5.74) is 1.53. The number of hydrogen-bond donors (Lipinski definition) is 2. The molecule has 0 spiro atoms. The van der Waals surface area contributed by atoms with Crippen molar-refractivity contribution in [1.82, 2.24) is 10.6 Å². The number of likely N-dealkylation sites (N-methyl/N-ethyl adjacent to an activating group) is 1. The molecular weight excluding hydrogens is 394 g/mol. The van der Waals surface area contributed by atoms with Gasteiger partial charge < -0.3 is 15.5 Å². The maximum absolute atomic E-state index is 13.2. The topological polar surface area (TPSA) is 90.9 Å². The van der Waals surface area contributed by atoms with Gasteiger partial charge in [-0.3, -0.25) is 19.4 Å². The van der Waals surface area contributed by atoms with E-state index in [0.29, 0.717) is 11.8 Å². The highest BCUT2D eigenvalue weighted by atomic mass is 19.1. The number of carbonyl (C=O) groups is 3. The molecule has 0 unspecified atom stereocenters. The van der Waals surface area contributed by atoms with Gasteiger partial charge in [0, 0.05) is 24.9 Å². The Morgan fingerprint density at radius 3 is 2.53 bits per heavy atom.